The first-order chi connectivity index (χ1) is 19.2. The molecular weight excluding hydrogens is 597 g/mol. The van der Waals surface area contributed by atoms with E-state index in [1.54, 1.807) is 24.3 Å². The number of halogens is 6. The lowest BCUT2D eigenvalue weighted by Gasteiger charge is -2.37. The topological polar surface area (TPSA) is 83.7 Å². The molecule has 0 spiro atoms. The van der Waals surface area contributed by atoms with Crippen LogP contribution in [0.15, 0.2) is 42.7 Å². The number of amides is 1. The van der Waals surface area contributed by atoms with E-state index >= 15 is 13.2 Å². The van der Waals surface area contributed by atoms with Crippen LogP contribution in [0.1, 0.15) is 30.1 Å². The number of hydrogen-bond donors (Lipinski definition) is 2. The second-order valence-corrected chi connectivity index (χ2v) is 10.5. The number of rotatable bonds is 6. The van der Waals surface area contributed by atoms with Crippen molar-refractivity contribution in [3.05, 3.63) is 71.6 Å². The Morgan fingerprint density at radius 1 is 1.00 bits per heavy atom. The Morgan fingerprint density at radius 2 is 1.71 bits per heavy atom. The predicted molar refractivity (Wildman–Crippen MR) is 160 cm³/mol. The third-order valence-corrected chi connectivity index (χ3v) is 7.54. The molecule has 13 heteroatoms. The van der Waals surface area contributed by atoms with Gasteiger partial charge >= 0.3 is 0 Å². The molecule has 2 aliphatic rings. The van der Waals surface area contributed by atoms with Crippen molar-refractivity contribution in [3.8, 4) is 11.1 Å². The van der Waals surface area contributed by atoms with E-state index in [9.17, 15) is 9.18 Å². The molecule has 0 bridgehead atoms. The fourth-order valence-electron chi connectivity index (χ4n) is 5.64. The predicted octanol–water partition coefficient (Wildman–Crippen LogP) is 5.80. The fraction of sp³-hybridized carbons (Fsp3) is 0.379. The molecule has 0 radical (unpaired) electrons. The van der Waals surface area contributed by atoms with E-state index in [2.05, 4.69) is 17.2 Å². The third kappa shape index (κ3) is 6.75. The van der Waals surface area contributed by atoms with Gasteiger partial charge in [0.25, 0.3) is 5.91 Å². The van der Waals surface area contributed by atoms with Gasteiger partial charge in [0.2, 0.25) is 0 Å². The number of piperidine rings is 1. The lowest BCUT2D eigenvalue weighted by atomic mass is 9.96. The van der Waals surface area contributed by atoms with Crippen LogP contribution in [0.25, 0.3) is 11.1 Å². The summed E-state index contributed by atoms with van der Waals surface area (Å²) in [6.45, 7) is 4.30. The van der Waals surface area contributed by atoms with Crippen molar-refractivity contribution in [2.45, 2.75) is 31.9 Å². The zero-order chi connectivity index (χ0) is 28.6. The van der Waals surface area contributed by atoms with Gasteiger partial charge in [-0.25, -0.2) is 17.6 Å². The number of carbonyl (C=O) groups is 1. The van der Waals surface area contributed by atoms with Crippen molar-refractivity contribution in [1.82, 2.24) is 4.98 Å². The van der Waals surface area contributed by atoms with Gasteiger partial charge in [-0.05, 0) is 49.1 Å². The van der Waals surface area contributed by atoms with Crippen molar-refractivity contribution in [1.29, 1.82) is 0 Å². The first kappa shape index (κ1) is 33.4. The van der Waals surface area contributed by atoms with Gasteiger partial charge in [-0.3, -0.25) is 9.78 Å². The summed E-state index contributed by atoms with van der Waals surface area (Å²) in [6.07, 6.45) is 4.46. The molecule has 42 heavy (non-hydrogen) atoms. The first-order valence-electron chi connectivity index (χ1n) is 13.2. The smallest absolute Gasteiger partial charge is 0.258 e. The summed E-state index contributed by atoms with van der Waals surface area (Å²) >= 11 is 0. The number of hydrogen-bond acceptors (Lipinski definition) is 6. The van der Waals surface area contributed by atoms with Crippen molar-refractivity contribution in [2.75, 3.05) is 48.4 Å². The normalized spacial score (nSPS) is 20.1. The molecule has 5 rings (SSSR count). The Bertz CT molecular complexity index is 1400. The molecule has 0 saturated carbocycles. The molecule has 3 heterocycles. The van der Waals surface area contributed by atoms with Gasteiger partial charge in [0.05, 0.1) is 40.4 Å². The number of nitrogens with two attached hydrogens (primary N) is 1. The van der Waals surface area contributed by atoms with Gasteiger partial charge in [-0.15, -0.1) is 24.8 Å². The van der Waals surface area contributed by atoms with E-state index in [0.717, 1.165) is 30.7 Å². The minimum Gasteiger partial charge on any atom is -0.380 e. The standard InChI is InChI=1S/C29H31F4N5O2.2ClH/c1-16-9-17(34)14-38(13-16)25-5-7-35-12-24(25)36-29(39)20-3-4-21(30)27(28(20)33)26-22(31)10-18(11-23(26)32)37-8-6-19(15-37)40-2;;/h3-5,7,10-12,16-17,19H,6,8-9,13-15,34H2,1-2H3,(H,36,39);2*1H/t16-,17+,19-;;/m1../s1. The highest BCUT2D eigenvalue weighted by atomic mass is 35.5. The summed E-state index contributed by atoms with van der Waals surface area (Å²) in [5, 5.41) is 2.63. The summed E-state index contributed by atoms with van der Waals surface area (Å²) in [7, 11) is 1.56. The number of carbonyl (C=O) groups excluding carboxylic acids is 1. The first-order valence-corrected chi connectivity index (χ1v) is 13.2. The SMILES string of the molecule is CO[C@@H]1CCN(c2cc(F)c(-c3c(F)ccc(C(=O)Nc4cnccc4N4C[C@H](C)C[C@H](N)C4)c3F)c(F)c2)C1.Cl.Cl. The maximum Gasteiger partial charge on any atom is 0.258 e. The van der Waals surface area contributed by atoms with E-state index < -0.39 is 45.9 Å². The van der Waals surface area contributed by atoms with Crippen LogP contribution >= 0.6 is 24.8 Å². The molecule has 0 aliphatic carbocycles. The van der Waals surface area contributed by atoms with Crippen LogP contribution in [0.4, 0.5) is 34.6 Å². The zero-order valence-electron chi connectivity index (χ0n) is 23.1. The number of anilines is 3. The van der Waals surface area contributed by atoms with Crippen LogP contribution < -0.4 is 20.9 Å². The van der Waals surface area contributed by atoms with E-state index in [4.69, 9.17) is 10.5 Å². The average Bonchev–Trinajstić information content (AvgIpc) is 3.39. The van der Waals surface area contributed by atoms with Crippen LogP contribution in [0.3, 0.4) is 0 Å². The molecular formula is C29H33Cl2F4N5O2. The van der Waals surface area contributed by atoms with Gasteiger partial charge < -0.3 is 25.6 Å². The summed E-state index contributed by atoms with van der Waals surface area (Å²) < 4.78 is 66.3. The molecule has 3 atom stereocenters. The number of ether oxygens (including phenoxy) is 1. The number of aromatic nitrogens is 1. The highest BCUT2D eigenvalue weighted by molar-refractivity contribution is 6.06. The minimum atomic E-state index is -1.37. The second kappa shape index (κ2) is 13.9. The summed E-state index contributed by atoms with van der Waals surface area (Å²) in [4.78, 5) is 21.0. The van der Waals surface area contributed by atoms with Crippen molar-refractivity contribution < 1.29 is 27.1 Å². The van der Waals surface area contributed by atoms with Crippen LogP contribution in [0.2, 0.25) is 0 Å². The summed E-state index contributed by atoms with van der Waals surface area (Å²) in [5.74, 6) is -5.45. The molecule has 3 aromatic rings. The number of methoxy groups -OCH3 is 1. The molecule has 2 aliphatic heterocycles. The Labute approximate surface area is 254 Å². The lowest BCUT2D eigenvalue weighted by molar-refractivity contribution is 0.102. The van der Waals surface area contributed by atoms with Gasteiger partial charge in [0, 0.05) is 51.2 Å². The Morgan fingerprint density at radius 3 is 2.36 bits per heavy atom. The fourth-order valence-corrected chi connectivity index (χ4v) is 5.64. The lowest BCUT2D eigenvalue weighted by Crippen LogP contribution is -2.46. The molecule has 2 aromatic carbocycles. The Kier molecular flexibility index (Phi) is 11.0. The number of nitrogens with zero attached hydrogens (tertiary/aromatic N) is 3. The summed E-state index contributed by atoms with van der Waals surface area (Å²) in [5.41, 5.74) is 4.98. The molecule has 228 valence electrons. The minimum absolute atomic E-state index is 0. The van der Waals surface area contributed by atoms with E-state index in [0.29, 0.717) is 49.9 Å². The number of benzene rings is 2. The highest BCUT2D eigenvalue weighted by Gasteiger charge is 2.29. The molecule has 1 amide bonds. The van der Waals surface area contributed by atoms with E-state index in [1.807, 2.05) is 4.90 Å². The van der Waals surface area contributed by atoms with Crippen molar-refractivity contribution in [3.63, 3.8) is 0 Å². The second-order valence-electron chi connectivity index (χ2n) is 10.5. The zero-order valence-corrected chi connectivity index (χ0v) is 24.7. The number of nitrogens with one attached hydrogen (secondary N) is 1. The van der Waals surface area contributed by atoms with Gasteiger partial charge in [-0.2, -0.15) is 0 Å². The quantitative estimate of drug-likeness (QED) is 0.335. The molecule has 7 nitrogen and oxygen atoms in total. The van der Waals surface area contributed by atoms with Crippen molar-refractivity contribution >= 4 is 47.8 Å². The van der Waals surface area contributed by atoms with Crippen LogP contribution in [-0.4, -0.2) is 56.3 Å². The van der Waals surface area contributed by atoms with E-state index in [1.165, 1.54) is 6.20 Å². The van der Waals surface area contributed by atoms with Crippen LogP contribution in [0.5, 0.6) is 0 Å². The Balaban J connectivity index is 0.00000242. The van der Waals surface area contributed by atoms with Gasteiger partial charge in [0.1, 0.15) is 23.3 Å². The molecule has 3 N–H and O–H groups in total. The maximum absolute atomic E-state index is 15.7. The molecule has 2 saturated heterocycles. The Hall–Kier alpha value is -3.12. The van der Waals surface area contributed by atoms with Crippen LogP contribution in [-0.2, 0) is 4.74 Å². The van der Waals surface area contributed by atoms with E-state index in [-0.39, 0.29) is 42.6 Å². The number of pyridine rings is 1. The molecule has 0 unspecified atom stereocenters. The monoisotopic (exact) mass is 629 g/mol. The molecule has 1 aromatic heterocycles. The maximum atomic E-state index is 15.7. The van der Waals surface area contributed by atoms with Gasteiger partial charge in [0.15, 0.2) is 0 Å². The third-order valence-electron chi connectivity index (χ3n) is 7.54. The average molecular weight is 631 g/mol. The highest BCUT2D eigenvalue weighted by Crippen LogP contribution is 2.36. The largest absolute Gasteiger partial charge is 0.380 e. The summed E-state index contributed by atoms with van der Waals surface area (Å²) in [6, 6.07) is 5.49. The van der Waals surface area contributed by atoms with Crippen molar-refractivity contribution in [2.24, 2.45) is 11.7 Å². The van der Waals surface area contributed by atoms with Crippen LogP contribution in [0, 0.1) is 29.2 Å². The molecule has 2 fully saturated rings. The van der Waals surface area contributed by atoms with Gasteiger partial charge in [-0.1, -0.05) is 6.92 Å².